The van der Waals surface area contributed by atoms with E-state index in [0.717, 1.165) is 28.6 Å². The van der Waals surface area contributed by atoms with Crippen LogP contribution in [0, 0.1) is 0 Å². The second-order valence-electron chi connectivity index (χ2n) is 7.19. The number of amides is 1. The molecule has 1 aliphatic heterocycles. The third-order valence-corrected chi connectivity index (χ3v) is 5.95. The highest BCUT2D eigenvalue weighted by Gasteiger charge is 2.32. The topological polar surface area (TPSA) is 73.7 Å². The fourth-order valence-corrected chi connectivity index (χ4v) is 4.33. The molecule has 7 nitrogen and oxygen atoms in total. The maximum absolute atomic E-state index is 13.2. The van der Waals surface area contributed by atoms with E-state index in [4.69, 9.17) is 9.47 Å². The monoisotopic (exact) mass is 471 g/mol. The molecule has 1 unspecified atom stereocenters. The number of carbonyl (C=O) groups excluding carboxylic acids is 1. The van der Waals surface area contributed by atoms with E-state index in [1.165, 1.54) is 10.9 Å². The van der Waals surface area contributed by atoms with Gasteiger partial charge in [0.25, 0.3) is 5.56 Å². The second kappa shape index (κ2) is 8.47. The molecule has 156 valence electrons. The number of rotatable bonds is 5. The zero-order valence-corrected chi connectivity index (χ0v) is 18.4. The molecule has 1 atom stereocenters. The number of hydrogen-bond acceptors (Lipinski definition) is 5. The number of halogens is 1. The molecule has 0 aliphatic carbocycles. The standard InChI is InChI=1S/C22H22BrN3O4/c1-29-15-6-8-20(30-2)17(11-15)19-4-3-9-26(19)21(27)12-25-13-24-18-7-5-14(23)10-16(18)22(25)28/h5-8,10-11,13,19H,3-4,9,12H2,1-2H3. The van der Waals surface area contributed by atoms with E-state index in [2.05, 4.69) is 20.9 Å². The predicted octanol–water partition coefficient (Wildman–Crippen LogP) is 3.54. The van der Waals surface area contributed by atoms with E-state index in [-0.39, 0.29) is 24.1 Å². The maximum atomic E-state index is 13.2. The average molecular weight is 472 g/mol. The number of fused-ring (bicyclic) bond motifs is 1. The van der Waals surface area contributed by atoms with Gasteiger partial charge in [-0.3, -0.25) is 14.2 Å². The first-order chi connectivity index (χ1) is 14.5. The molecule has 4 rings (SSSR count). The van der Waals surface area contributed by atoms with Gasteiger partial charge in [-0.2, -0.15) is 0 Å². The Bertz CT molecular complexity index is 1160. The minimum atomic E-state index is -0.232. The molecular weight excluding hydrogens is 450 g/mol. The molecule has 1 fully saturated rings. The lowest BCUT2D eigenvalue weighted by Gasteiger charge is -2.27. The number of carbonyl (C=O) groups is 1. The van der Waals surface area contributed by atoms with Gasteiger partial charge in [-0.15, -0.1) is 0 Å². The molecule has 2 aromatic carbocycles. The molecular formula is C22H22BrN3O4. The highest BCUT2D eigenvalue weighted by atomic mass is 79.9. The molecule has 3 aromatic rings. The Morgan fingerprint density at radius 1 is 1.20 bits per heavy atom. The van der Waals surface area contributed by atoms with E-state index >= 15 is 0 Å². The number of hydrogen-bond donors (Lipinski definition) is 0. The number of nitrogens with zero attached hydrogens (tertiary/aromatic N) is 3. The molecule has 0 radical (unpaired) electrons. The third-order valence-electron chi connectivity index (χ3n) is 5.46. The third kappa shape index (κ3) is 3.79. The van der Waals surface area contributed by atoms with Crippen molar-refractivity contribution >= 4 is 32.7 Å². The lowest BCUT2D eigenvalue weighted by Crippen LogP contribution is -2.36. The Morgan fingerprint density at radius 2 is 2.03 bits per heavy atom. The van der Waals surface area contributed by atoms with Crippen LogP contribution in [0.2, 0.25) is 0 Å². The van der Waals surface area contributed by atoms with Gasteiger partial charge in [-0.05, 0) is 49.2 Å². The maximum Gasteiger partial charge on any atom is 0.261 e. The van der Waals surface area contributed by atoms with Gasteiger partial charge in [0.15, 0.2) is 0 Å². The van der Waals surface area contributed by atoms with Crippen LogP contribution < -0.4 is 15.0 Å². The second-order valence-corrected chi connectivity index (χ2v) is 8.11. The summed E-state index contributed by atoms with van der Waals surface area (Å²) in [5, 5.41) is 0.479. The van der Waals surface area contributed by atoms with Gasteiger partial charge in [-0.1, -0.05) is 15.9 Å². The minimum absolute atomic E-state index is 0.0585. The van der Waals surface area contributed by atoms with Crippen molar-refractivity contribution < 1.29 is 14.3 Å². The van der Waals surface area contributed by atoms with Crippen LogP contribution >= 0.6 is 15.9 Å². The average Bonchev–Trinajstić information content (AvgIpc) is 3.25. The summed E-state index contributed by atoms with van der Waals surface area (Å²) in [6, 6.07) is 10.8. The Hall–Kier alpha value is -2.87. The molecule has 1 amide bonds. The molecule has 8 heteroatoms. The molecule has 2 heterocycles. The van der Waals surface area contributed by atoms with Crippen molar-refractivity contribution in [1.29, 1.82) is 0 Å². The molecule has 0 spiro atoms. The van der Waals surface area contributed by atoms with Crippen LogP contribution in [-0.2, 0) is 11.3 Å². The number of likely N-dealkylation sites (tertiary alicyclic amines) is 1. The molecule has 30 heavy (non-hydrogen) atoms. The quantitative estimate of drug-likeness (QED) is 0.568. The molecule has 0 N–H and O–H groups in total. The predicted molar refractivity (Wildman–Crippen MR) is 117 cm³/mol. The van der Waals surface area contributed by atoms with Crippen molar-refractivity contribution in [3.63, 3.8) is 0 Å². The number of benzene rings is 2. The lowest BCUT2D eigenvalue weighted by atomic mass is 10.0. The molecule has 0 bridgehead atoms. The normalized spacial score (nSPS) is 16.1. The molecule has 0 saturated carbocycles. The summed E-state index contributed by atoms with van der Waals surface area (Å²) in [6.07, 6.45) is 3.15. The van der Waals surface area contributed by atoms with Gasteiger partial charge in [0.05, 0.1) is 37.5 Å². The summed E-state index contributed by atoms with van der Waals surface area (Å²) in [4.78, 5) is 32.2. The van der Waals surface area contributed by atoms with Gasteiger partial charge in [0.2, 0.25) is 5.91 Å². The molecule has 1 aromatic heterocycles. The van der Waals surface area contributed by atoms with Crippen molar-refractivity contribution in [3.8, 4) is 11.5 Å². The highest BCUT2D eigenvalue weighted by Crippen LogP contribution is 2.39. The summed E-state index contributed by atoms with van der Waals surface area (Å²) >= 11 is 3.38. The SMILES string of the molecule is COc1ccc(OC)c(C2CCCN2C(=O)Cn2cnc3ccc(Br)cc3c2=O)c1. The van der Waals surface area contributed by atoms with Crippen LogP contribution in [0.15, 0.2) is 52.0 Å². The van der Waals surface area contributed by atoms with E-state index in [9.17, 15) is 9.59 Å². The van der Waals surface area contributed by atoms with Crippen LogP contribution in [0.25, 0.3) is 10.9 Å². The van der Waals surface area contributed by atoms with Gasteiger partial charge >= 0.3 is 0 Å². The van der Waals surface area contributed by atoms with Gasteiger partial charge < -0.3 is 14.4 Å². The first-order valence-electron chi connectivity index (χ1n) is 9.68. The van der Waals surface area contributed by atoms with E-state index < -0.39 is 0 Å². The Labute approximate surface area is 182 Å². The van der Waals surface area contributed by atoms with Crippen LogP contribution in [-0.4, -0.2) is 41.1 Å². The van der Waals surface area contributed by atoms with Crippen molar-refractivity contribution in [3.05, 3.63) is 63.1 Å². The lowest BCUT2D eigenvalue weighted by molar-refractivity contribution is -0.132. The number of ether oxygens (including phenoxy) is 2. The number of aromatic nitrogens is 2. The van der Waals surface area contributed by atoms with E-state index in [0.29, 0.717) is 23.2 Å². The zero-order chi connectivity index (χ0) is 21.3. The minimum Gasteiger partial charge on any atom is -0.497 e. The van der Waals surface area contributed by atoms with Crippen LogP contribution in [0.4, 0.5) is 0 Å². The number of methoxy groups -OCH3 is 2. The smallest absolute Gasteiger partial charge is 0.261 e. The largest absolute Gasteiger partial charge is 0.497 e. The van der Waals surface area contributed by atoms with Crippen LogP contribution in [0.5, 0.6) is 11.5 Å². The summed E-state index contributed by atoms with van der Waals surface area (Å²) < 4.78 is 13.0. The van der Waals surface area contributed by atoms with Crippen LogP contribution in [0.1, 0.15) is 24.4 Å². The van der Waals surface area contributed by atoms with Crippen LogP contribution in [0.3, 0.4) is 0 Å². The van der Waals surface area contributed by atoms with Crippen molar-refractivity contribution in [2.45, 2.75) is 25.4 Å². The summed E-state index contributed by atoms with van der Waals surface area (Å²) in [5.41, 5.74) is 1.28. The van der Waals surface area contributed by atoms with Crippen molar-refractivity contribution in [2.75, 3.05) is 20.8 Å². The first kappa shape index (κ1) is 20.4. The summed E-state index contributed by atoms with van der Waals surface area (Å²) in [6.45, 7) is 0.572. The summed E-state index contributed by atoms with van der Waals surface area (Å²) in [5.74, 6) is 1.31. The molecule has 1 saturated heterocycles. The fraction of sp³-hybridized carbons (Fsp3) is 0.318. The Morgan fingerprint density at radius 3 is 2.80 bits per heavy atom. The van der Waals surface area contributed by atoms with E-state index in [1.807, 2.05) is 29.2 Å². The Kier molecular flexibility index (Phi) is 5.76. The van der Waals surface area contributed by atoms with Gasteiger partial charge in [0.1, 0.15) is 18.0 Å². The van der Waals surface area contributed by atoms with Gasteiger partial charge in [0, 0.05) is 16.6 Å². The summed E-state index contributed by atoms with van der Waals surface area (Å²) in [7, 11) is 3.23. The fourth-order valence-electron chi connectivity index (χ4n) is 3.97. The van der Waals surface area contributed by atoms with E-state index in [1.54, 1.807) is 26.4 Å². The Balaban J connectivity index is 1.63. The highest BCUT2D eigenvalue weighted by molar-refractivity contribution is 9.10. The van der Waals surface area contributed by atoms with Crippen molar-refractivity contribution in [1.82, 2.24) is 14.5 Å². The molecule has 1 aliphatic rings. The van der Waals surface area contributed by atoms with Gasteiger partial charge in [-0.25, -0.2) is 4.98 Å². The van der Waals surface area contributed by atoms with Crippen molar-refractivity contribution in [2.24, 2.45) is 0 Å². The first-order valence-corrected chi connectivity index (χ1v) is 10.5. The zero-order valence-electron chi connectivity index (χ0n) is 16.8.